The normalized spacial score (nSPS) is 11.1. The van der Waals surface area contributed by atoms with Gasteiger partial charge < -0.3 is 0 Å². The van der Waals surface area contributed by atoms with Crippen LogP contribution in [0.4, 0.5) is 13.2 Å². The molecular formula is C8H4F3IN2. The molecule has 1 aromatic heterocycles. The van der Waals surface area contributed by atoms with Gasteiger partial charge in [0.15, 0.2) is 0 Å². The molecule has 0 atom stereocenters. The van der Waals surface area contributed by atoms with Crippen molar-refractivity contribution in [1.82, 2.24) is 4.98 Å². The molecule has 0 aliphatic rings. The fourth-order valence-corrected chi connectivity index (χ4v) is 1.62. The van der Waals surface area contributed by atoms with Crippen molar-refractivity contribution in [2.45, 2.75) is 12.6 Å². The molecule has 0 saturated carbocycles. The van der Waals surface area contributed by atoms with E-state index in [0.717, 1.165) is 12.3 Å². The Balaban J connectivity index is 3.30. The molecule has 0 radical (unpaired) electrons. The molecule has 1 aromatic rings. The first-order valence-electron chi connectivity index (χ1n) is 3.54. The Kier molecular flexibility index (Phi) is 3.31. The lowest BCUT2D eigenvalue weighted by atomic mass is 10.1. The van der Waals surface area contributed by atoms with Crippen molar-refractivity contribution in [3.05, 3.63) is 27.1 Å². The summed E-state index contributed by atoms with van der Waals surface area (Å²) >= 11 is 1.69. The highest BCUT2D eigenvalue weighted by Crippen LogP contribution is 2.33. The van der Waals surface area contributed by atoms with Gasteiger partial charge in [-0.3, -0.25) is 0 Å². The third-order valence-electron chi connectivity index (χ3n) is 1.56. The monoisotopic (exact) mass is 312 g/mol. The second-order valence-corrected chi connectivity index (χ2v) is 3.48. The van der Waals surface area contributed by atoms with Gasteiger partial charge in [0.2, 0.25) is 0 Å². The van der Waals surface area contributed by atoms with Crippen LogP contribution in [0, 0.1) is 15.0 Å². The highest BCUT2D eigenvalue weighted by atomic mass is 127. The molecule has 0 fully saturated rings. The van der Waals surface area contributed by atoms with Gasteiger partial charge in [0.1, 0.15) is 3.70 Å². The van der Waals surface area contributed by atoms with Crippen LogP contribution in [0.5, 0.6) is 0 Å². The molecule has 0 aliphatic heterocycles. The maximum absolute atomic E-state index is 12.4. The number of alkyl halides is 3. The van der Waals surface area contributed by atoms with Crippen LogP contribution in [-0.2, 0) is 12.6 Å². The van der Waals surface area contributed by atoms with Gasteiger partial charge in [-0.2, -0.15) is 18.4 Å². The van der Waals surface area contributed by atoms with Crippen molar-refractivity contribution >= 4 is 22.6 Å². The lowest BCUT2D eigenvalue weighted by molar-refractivity contribution is -0.138. The van der Waals surface area contributed by atoms with Gasteiger partial charge in [0.05, 0.1) is 18.1 Å². The SMILES string of the molecule is N#CCc1c(C(F)(F)F)ccnc1I. The summed E-state index contributed by atoms with van der Waals surface area (Å²) in [6, 6.07) is 2.58. The van der Waals surface area contributed by atoms with Gasteiger partial charge in [0, 0.05) is 11.8 Å². The third-order valence-corrected chi connectivity index (χ3v) is 2.49. The molecule has 0 unspecified atom stereocenters. The zero-order valence-corrected chi connectivity index (χ0v) is 8.93. The van der Waals surface area contributed by atoms with E-state index in [0.29, 0.717) is 0 Å². The van der Waals surface area contributed by atoms with Crippen molar-refractivity contribution in [2.75, 3.05) is 0 Å². The van der Waals surface area contributed by atoms with E-state index in [-0.39, 0.29) is 15.7 Å². The van der Waals surface area contributed by atoms with Gasteiger partial charge in [-0.05, 0) is 28.7 Å². The molecule has 0 N–H and O–H groups in total. The Morgan fingerprint density at radius 2 is 2.14 bits per heavy atom. The second kappa shape index (κ2) is 4.13. The van der Waals surface area contributed by atoms with E-state index in [1.165, 1.54) is 0 Å². The number of halogens is 4. The van der Waals surface area contributed by atoms with Crippen molar-refractivity contribution in [1.29, 1.82) is 5.26 Å². The molecule has 0 saturated heterocycles. The average Bonchev–Trinajstić information content (AvgIpc) is 2.07. The fourth-order valence-electron chi connectivity index (χ4n) is 0.980. The van der Waals surface area contributed by atoms with Crippen LogP contribution in [0.1, 0.15) is 11.1 Å². The highest BCUT2D eigenvalue weighted by Gasteiger charge is 2.34. The molecule has 0 amide bonds. The molecule has 1 rings (SSSR count). The van der Waals surface area contributed by atoms with Crippen molar-refractivity contribution in [3.63, 3.8) is 0 Å². The standard InChI is InChI=1S/C8H4F3IN2/c9-8(10,11)6-2-4-14-7(12)5(6)1-3-13/h2,4H,1H2. The van der Waals surface area contributed by atoms with E-state index < -0.39 is 11.7 Å². The molecule has 6 heteroatoms. The fraction of sp³-hybridized carbons (Fsp3) is 0.250. The van der Waals surface area contributed by atoms with Crippen LogP contribution in [-0.4, -0.2) is 4.98 Å². The molecule has 2 nitrogen and oxygen atoms in total. The summed E-state index contributed by atoms with van der Waals surface area (Å²) in [5.74, 6) is 0. The summed E-state index contributed by atoms with van der Waals surface area (Å²) in [5.41, 5.74) is -0.832. The zero-order chi connectivity index (χ0) is 10.8. The molecule has 0 aliphatic carbocycles. The van der Waals surface area contributed by atoms with E-state index in [4.69, 9.17) is 5.26 Å². The van der Waals surface area contributed by atoms with Crippen molar-refractivity contribution < 1.29 is 13.2 Å². The summed E-state index contributed by atoms with van der Waals surface area (Å²) in [4.78, 5) is 3.71. The lowest BCUT2D eigenvalue weighted by Crippen LogP contribution is -2.11. The molecule has 0 bridgehead atoms. The van der Waals surface area contributed by atoms with Gasteiger partial charge in [-0.15, -0.1) is 0 Å². The summed E-state index contributed by atoms with van der Waals surface area (Å²) in [6.45, 7) is 0. The predicted molar refractivity (Wildman–Crippen MR) is 51.3 cm³/mol. The minimum atomic E-state index is -4.42. The first-order valence-corrected chi connectivity index (χ1v) is 4.62. The van der Waals surface area contributed by atoms with E-state index >= 15 is 0 Å². The van der Waals surface area contributed by atoms with E-state index in [9.17, 15) is 13.2 Å². The maximum Gasteiger partial charge on any atom is 0.416 e. The van der Waals surface area contributed by atoms with Crippen LogP contribution in [0.2, 0.25) is 0 Å². The molecular weight excluding hydrogens is 308 g/mol. The van der Waals surface area contributed by atoms with E-state index in [1.54, 1.807) is 28.7 Å². The Hall–Kier alpha value is -0.840. The van der Waals surface area contributed by atoms with Crippen LogP contribution < -0.4 is 0 Å². The number of aromatic nitrogens is 1. The first-order chi connectivity index (χ1) is 6.46. The Bertz CT molecular complexity index is 381. The lowest BCUT2D eigenvalue weighted by Gasteiger charge is -2.11. The van der Waals surface area contributed by atoms with E-state index in [1.807, 2.05) is 0 Å². The Morgan fingerprint density at radius 3 is 2.64 bits per heavy atom. The number of rotatable bonds is 1. The zero-order valence-electron chi connectivity index (χ0n) is 6.77. The average molecular weight is 312 g/mol. The number of hydrogen-bond donors (Lipinski definition) is 0. The summed E-state index contributed by atoms with van der Waals surface area (Å²) in [5, 5.41) is 8.39. The van der Waals surface area contributed by atoms with Gasteiger partial charge in [0.25, 0.3) is 0 Å². The topological polar surface area (TPSA) is 36.7 Å². The number of nitrogens with zero attached hydrogens (tertiary/aromatic N) is 2. The number of pyridine rings is 1. The van der Waals surface area contributed by atoms with Crippen LogP contribution in [0.3, 0.4) is 0 Å². The smallest absolute Gasteiger partial charge is 0.250 e. The maximum atomic E-state index is 12.4. The second-order valence-electron chi connectivity index (χ2n) is 2.46. The molecule has 0 aromatic carbocycles. The van der Waals surface area contributed by atoms with Crippen LogP contribution >= 0.6 is 22.6 Å². The van der Waals surface area contributed by atoms with Gasteiger partial charge >= 0.3 is 6.18 Å². The molecule has 14 heavy (non-hydrogen) atoms. The minimum absolute atomic E-state index is 0.0527. The summed E-state index contributed by atoms with van der Waals surface area (Å²) in [6.07, 6.45) is -3.61. The highest BCUT2D eigenvalue weighted by molar-refractivity contribution is 14.1. The Labute approximate surface area is 91.9 Å². The number of hydrogen-bond acceptors (Lipinski definition) is 2. The van der Waals surface area contributed by atoms with E-state index in [2.05, 4.69) is 4.98 Å². The van der Waals surface area contributed by atoms with Crippen LogP contribution in [0.15, 0.2) is 12.3 Å². The van der Waals surface area contributed by atoms with Crippen molar-refractivity contribution in [3.8, 4) is 6.07 Å². The third kappa shape index (κ3) is 2.35. The van der Waals surface area contributed by atoms with Crippen molar-refractivity contribution in [2.24, 2.45) is 0 Å². The van der Waals surface area contributed by atoms with Gasteiger partial charge in [-0.1, -0.05) is 0 Å². The minimum Gasteiger partial charge on any atom is -0.250 e. The molecule has 74 valence electrons. The molecule has 0 spiro atoms. The van der Waals surface area contributed by atoms with Gasteiger partial charge in [-0.25, -0.2) is 4.98 Å². The number of nitriles is 1. The molecule has 1 heterocycles. The summed E-state index contributed by atoms with van der Waals surface area (Å²) < 4.78 is 37.5. The summed E-state index contributed by atoms with van der Waals surface area (Å²) in [7, 11) is 0. The first kappa shape index (κ1) is 11.2. The predicted octanol–water partition coefficient (Wildman–Crippen LogP) is 2.77. The largest absolute Gasteiger partial charge is 0.416 e. The Morgan fingerprint density at radius 1 is 1.50 bits per heavy atom. The quantitative estimate of drug-likeness (QED) is 0.590. The van der Waals surface area contributed by atoms with Crippen LogP contribution in [0.25, 0.3) is 0 Å².